The fourth-order valence-corrected chi connectivity index (χ4v) is 0.946. The van der Waals surface area contributed by atoms with Gasteiger partial charge in [0, 0.05) is 6.54 Å². The van der Waals surface area contributed by atoms with Gasteiger partial charge in [0.2, 0.25) is 0 Å². The molecule has 0 heterocycles. The van der Waals surface area contributed by atoms with Crippen LogP contribution in [0.5, 0.6) is 0 Å². The molecule has 0 unspecified atom stereocenters. The van der Waals surface area contributed by atoms with E-state index in [1.54, 1.807) is 0 Å². The Morgan fingerprint density at radius 2 is 2.08 bits per heavy atom. The molecule has 0 aliphatic rings. The summed E-state index contributed by atoms with van der Waals surface area (Å²) in [6.07, 6.45) is 0. The molecule has 3 N–H and O–H groups in total. The molecule has 0 aromatic heterocycles. The van der Waals surface area contributed by atoms with E-state index >= 15 is 0 Å². The van der Waals surface area contributed by atoms with Crippen molar-refractivity contribution in [1.82, 2.24) is 5.32 Å². The van der Waals surface area contributed by atoms with Crippen LogP contribution in [-0.2, 0) is 16.2 Å². The molecule has 70 valence electrons. The van der Waals surface area contributed by atoms with Crippen LogP contribution in [0.4, 0.5) is 0 Å². The maximum atomic E-state index is 10.6. The summed E-state index contributed by atoms with van der Waals surface area (Å²) in [5, 5.41) is 2.90. The summed E-state index contributed by atoms with van der Waals surface area (Å²) in [7, 11) is 0. The summed E-state index contributed by atoms with van der Waals surface area (Å²) in [5.74, 6) is 4.20. The molecule has 0 atom stereocenters. The molecule has 1 aromatic rings. The quantitative estimate of drug-likeness (QED) is 0.649. The van der Waals surface area contributed by atoms with E-state index in [2.05, 4.69) is 16.1 Å². The van der Waals surface area contributed by atoms with Crippen LogP contribution in [0.1, 0.15) is 5.56 Å². The van der Waals surface area contributed by atoms with Crippen LogP contribution in [0.15, 0.2) is 30.3 Å². The Morgan fingerprint density at radius 3 is 2.69 bits per heavy atom. The van der Waals surface area contributed by atoms with Crippen molar-refractivity contribution >= 4 is 5.97 Å². The molecule has 1 aromatic carbocycles. The predicted molar refractivity (Wildman–Crippen MR) is 48.4 cm³/mol. The normalized spacial score (nSPS) is 9.62. The highest BCUT2D eigenvalue weighted by atomic mass is 16.7. The van der Waals surface area contributed by atoms with Gasteiger partial charge in [-0.1, -0.05) is 30.3 Å². The summed E-state index contributed by atoms with van der Waals surface area (Å²) < 4.78 is 0. The SMILES string of the molecule is NOC(=O)CNCc1ccccc1. The van der Waals surface area contributed by atoms with Crippen LogP contribution < -0.4 is 11.2 Å². The first-order valence-corrected chi connectivity index (χ1v) is 3.97. The van der Waals surface area contributed by atoms with Crippen LogP contribution in [0.3, 0.4) is 0 Å². The average molecular weight is 180 g/mol. The zero-order valence-electron chi connectivity index (χ0n) is 7.19. The van der Waals surface area contributed by atoms with Gasteiger partial charge < -0.3 is 10.2 Å². The van der Waals surface area contributed by atoms with Gasteiger partial charge in [0.25, 0.3) is 0 Å². The third kappa shape index (κ3) is 3.68. The van der Waals surface area contributed by atoms with Crippen LogP contribution in [-0.4, -0.2) is 12.5 Å². The van der Waals surface area contributed by atoms with Crippen LogP contribution >= 0.6 is 0 Å². The summed E-state index contributed by atoms with van der Waals surface area (Å²) in [6, 6.07) is 9.77. The number of hydrogen-bond donors (Lipinski definition) is 2. The lowest BCUT2D eigenvalue weighted by atomic mass is 10.2. The van der Waals surface area contributed by atoms with Crippen LogP contribution in [0.2, 0.25) is 0 Å². The van der Waals surface area contributed by atoms with Gasteiger partial charge in [-0.25, -0.2) is 4.79 Å². The molecule has 4 heteroatoms. The molecule has 0 aliphatic carbocycles. The van der Waals surface area contributed by atoms with E-state index in [1.165, 1.54) is 0 Å². The molecule has 13 heavy (non-hydrogen) atoms. The molecular formula is C9H12N2O2. The minimum atomic E-state index is -0.462. The maximum Gasteiger partial charge on any atom is 0.338 e. The van der Waals surface area contributed by atoms with Gasteiger partial charge in [-0.15, -0.1) is 0 Å². The third-order valence-electron chi connectivity index (χ3n) is 1.57. The smallest absolute Gasteiger partial charge is 0.338 e. The van der Waals surface area contributed by atoms with Crippen molar-refractivity contribution in [2.24, 2.45) is 5.90 Å². The number of carbonyl (C=O) groups excluding carboxylic acids is 1. The predicted octanol–water partition coefficient (Wildman–Crippen LogP) is 0.193. The van der Waals surface area contributed by atoms with Crippen molar-refractivity contribution in [3.8, 4) is 0 Å². The Balaban J connectivity index is 2.24. The highest BCUT2D eigenvalue weighted by molar-refractivity contribution is 5.71. The number of rotatable bonds is 4. The second-order valence-corrected chi connectivity index (χ2v) is 2.58. The molecule has 0 saturated heterocycles. The van der Waals surface area contributed by atoms with Crippen molar-refractivity contribution in [3.05, 3.63) is 35.9 Å². The zero-order valence-corrected chi connectivity index (χ0v) is 7.19. The fourth-order valence-electron chi connectivity index (χ4n) is 0.946. The van der Waals surface area contributed by atoms with E-state index in [9.17, 15) is 4.79 Å². The summed E-state index contributed by atoms with van der Waals surface area (Å²) >= 11 is 0. The molecule has 0 spiro atoms. The highest BCUT2D eigenvalue weighted by Gasteiger charge is 1.98. The van der Waals surface area contributed by atoms with Crippen LogP contribution in [0.25, 0.3) is 0 Å². The van der Waals surface area contributed by atoms with Crippen LogP contribution in [0, 0.1) is 0 Å². The molecule has 0 bridgehead atoms. The summed E-state index contributed by atoms with van der Waals surface area (Å²) in [5.41, 5.74) is 1.12. The van der Waals surface area contributed by atoms with E-state index in [1.807, 2.05) is 30.3 Å². The highest BCUT2D eigenvalue weighted by Crippen LogP contribution is 1.96. The number of benzene rings is 1. The molecule has 4 nitrogen and oxygen atoms in total. The molecule has 0 radical (unpaired) electrons. The van der Waals surface area contributed by atoms with Crippen molar-refractivity contribution in [2.75, 3.05) is 6.54 Å². The molecule has 1 rings (SSSR count). The first-order valence-electron chi connectivity index (χ1n) is 3.97. The average Bonchev–Trinajstić information content (AvgIpc) is 2.19. The largest absolute Gasteiger partial charge is 0.372 e. The van der Waals surface area contributed by atoms with Gasteiger partial charge in [0.05, 0.1) is 6.54 Å². The molecule has 0 amide bonds. The number of hydrogen-bond acceptors (Lipinski definition) is 4. The van der Waals surface area contributed by atoms with Gasteiger partial charge in [-0.2, -0.15) is 5.90 Å². The topological polar surface area (TPSA) is 64.3 Å². The second-order valence-electron chi connectivity index (χ2n) is 2.58. The lowest BCUT2D eigenvalue weighted by Gasteiger charge is -2.02. The minimum Gasteiger partial charge on any atom is -0.372 e. The van der Waals surface area contributed by atoms with Crippen molar-refractivity contribution in [2.45, 2.75) is 6.54 Å². The van der Waals surface area contributed by atoms with E-state index in [-0.39, 0.29) is 6.54 Å². The van der Waals surface area contributed by atoms with Gasteiger partial charge in [-0.3, -0.25) is 0 Å². The summed E-state index contributed by atoms with van der Waals surface area (Å²) in [4.78, 5) is 14.6. The third-order valence-corrected chi connectivity index (χ3v) is 1.57. The van der Waals surface area contributed by atoms with Crippen molar-refractivity contribution in [1.29, 1.82) is 0 Å². The Labute approximate surface area is 76.6 Å². The standard InChI is InChI=1S/C9H12N2O2/c10-13-9(12)7-11-6-8-4-2-1-3-5-8/h1-5,11H,6-7,10H2. The monoisotopic (exact) mass is 180 g/mol. The van der Waals surface area contributed by atoms with Gasteiger partial charge in [0.15, 0.2) is 0 Å². The fraction of sp³-hybridized carbons (Fsp3) is 0.222. The summed E-state index contributed by atoms with van der Waals surface area (Å²) in [6.45, 7) is 0.765. The number of nitrogens with one attached hydrogen (secondary N) is 1. The maximum absolute atomic E-state index is 10.6. The molecular weight excluding hydrogens is 168 g/mol. The Morgan fingerprint density at radius 1 is 1.38 bits per heavy atom. The number of nitrogens with two attached hydrogens (primary N) is 1. The molecule has 0 saturated carbocycles. The molecule has 0 fully saturated rings. The van der Waals surface area contributed by atoms with E-state index in [4.69, 9.17) is 0 Å². The Hall–Kier alpha value is -1.39. The second kappa shape index (κ2) is 5.29. The lowest BCUT2D eigenvalue weighted by Crippen LogP contribution is -2.26. The van der Waals surface area contributed by atoms with Crippen molar-refractivity contribution in [3.63, 3.8) is 0 Å². The first-order chi connectivity index (χ1) is 6.33. The van der Waals surface area contributed by atoms with Crippen molar-refractivity contribution < 1.29 is 9.63 Å². The van der Waals surface area contributed by atoms with E-state index < -0.39 is 5.97 Å². The Bertz CT molecular complexity index is 262. The number of carbonyl (C=O) groups is 1. The van der Waals surface area contributed by atoms with E-state index in [0.717, 1.165) is 5.56 Å². The van der Waals surface area contributed by atoms with Gasteiger partial charge in [0.1, 0.15) is 0 Å². The Kier molecular flexibility index (Phi) is 3.95. The van der Waals surface area contributed by atoms with E-state index in [0.29, 0.717) is 6.54 Å². The molecule has 0 aliphatic heterocycles. The minimum absolute atomic E-state index is 0.130. The first kappa shape index (κ1) is 9.70. The zero-order chi connectivity index (χ0) is 9.52. The lowest BCUT2D eigenvalue weighted by molar-refractivity contribution is -0.143. The van der Waals surface area contributed by atoms with Gasteiger partial charge >= 0.3 is 5.97 Å². The van der Waals surface area contributed by atoms with Gasteiger partial charge in [-0.05, 0) is 5.56 Å².